The summed E-state index contributed by atoms with van der Waals surface area (Å²) < 4.78 is 0. The number of ketones is 1. The molecule has 0 aliphatic carbocycles. The van der Waals surface area contributed by atoms with E-state index < -0.39 is 0 Å². The fourth-order valence-corrected chi connectivity index (χ4v) is 2.80. The first-order chi connectivity index (χ1) is 10.8. The second-order valence-electron chi connectivity index (χ2n) is 6.74. The van der Waals surface area contributed by atoms with Crippen LogP contribution in [-0.4, -0.2) is 5.78 Å². The molecule has 0 saturated carbocycles. The molecule has 0 saturated heterocycles. The lowest BCUT2D eigenvalue weighted by molar-refractivity contribution is -0.117. The molecule has 0 aromatic rings. The summed E-state index contributed by atoms with van der Waals surface area (Å²) in [4.78, 5) is 10.8. The molecular formula is C21H40O. The molecule has 0 atom stereocenters. The number of carbonyl (C=O) groups excluding carboxylic acids is 1. The number of hydrogen-bond acceptors (Lipinski definition) is 1. The van der Waals surface area contributed by atoms with Crippen LogP contribution in [0.15, 0.2) is 12.2 Å². The van der Waals surface area contributed by atoms with Gasteiger partial charge in [0, 0.05) is 6.42 Å². The van der Waals surface area contributed by atoms with Crippen molar-refractivity contribution in [2.75, 3.05) is 0 Å². The monoisotopic (exact) mass is 308 g/mol. The zero-order valence-corrected chi connectivity index (χ0v) is 15.4. The Labute approximate surface area is 140 Å². The van der Waals surface area contributed by atoms with E-state index in [9.17, 15) is 4.79 Å². The van der Waals surface area contributed by atoms with Crippen LogP contribution in [0, 0.1) is 0 Å². The summed E-state index contributed by atoms with van der Waals surface area (Å²) in [6.45, 7) is 3.97. The number of unbranched alkanes of at least 4 members (excludes halogenated alkanes) is 13. The smallest absolute Gasteiger partial charge is 0.129 e. The van der Waals surface area contributed by atoms with E-state index in [1.165, 1.54) is 89.9 Å². The summed E-state index contributed by atoms with van der Waals surface area (Å²) in [5.41, 5.74) is 0. The van der Waals surface area contributed by atoms with E-state index in [0.717, 1.165) is 12.8 Å². The molecule has 1 heteroatoms. The summed E-state index contributed by atoms with van der Waals surface area (Å²) >= 11 is 0. The average Bonchev–Trinajstić information content (AvgIpc) is 2.50. The second kappa shape index (κ2) is 18.5. The summed E-state index contributed by atoms with van der Waals surface area (Å²) in [5.74, 6) is 0.339. The molecular weight excluding hydrogens is 268 g/mol. The van der Waals surface area contributed by atoms with Gasteiger partial charge in [-0.05, 0) is 39.0 Å². The number of Topliss-reactive ketones (excluding diaryl/α,β-unsaturated/α-hetero) is 1. The Morgan fingerprint density at radius 1 is 0.636 bits per heavy atom. The van der Waals surface area contributed by atoms with E-state index in [4.69, 9.17) is 0 Å². The first-order valence-corrected chi connectivity index (χ1v) is 9.91. The van der Waals surface area contributed by atoms with E-state index in [2.05, 4.69) is 19.1 Å². The van der Waals surface area contributed by atoms with Crippen molar-refractivity contribution in [2.24, 2.45) is 0 Å². The SMILES string of the molecule is CCCCCCCCCC=CCCCCCCCCC(C)=O. The third-order valence-electron chi connectivity index (χ3n) is 4.29. The van der Waals surface area contributed by atoms with Crippen molar-refractivity contribution in [2.45, 2.75) is 117 Å². The van der Waals surface area contributed by atoms with Gasteiger partial charge in [0.2, 0.25) is 0 Å². The molecule has 0 bridgehead atoms. The van der Waals surface area contributed by atoms with Crippen molar-refractivity contribution in [3.8, 4) is 0 Å². The normalized spacial score (nSPS) is 11.4. The van der Waals surface area contributed by atoms with Crippen LogP contribution < -0.4 is 0 Å². The minimum absolute atomic E-state index is 0.339. The highest BCUT2D eigenvalue weighted by Crippen LogP contribution is 2.11. The van der Waals surface area contributed by atoms with Crippen molar-refractivity contribution in [1.29, 1.82) is 0 Å². The van der Waals surface area contributed by atoms with Gasteiger partial charge in [-0.25, -0.2) is 0 Å². The molecule has 130 valence electrons. The lowest BCUT2D eigenvalue weighted by Gasteiger charge is -2.00. The lowest BCUT2D eigenvalue weighted by Crippen LogP contribution is -1.89. The molecule has 0 unspecified atom stereocenters. The summed E-state index contributed by atoms with van der Waals surface area (Å²) in [7, 11) is 0. The first kappa shape index (κ1) is 21.4. The zero-order valence-electron chi connectivity index (χ0n) is 15.4. The highest BCUT2D eigenvalue weighted by Gasteiger charge is 1.94. The Morgan fingerprint density at radius 3 is 1.50 bits per heavy atom. The molecule has 0 heterocycles. The van der Waals surface area contributed by atoms with Crippen molar-refractivity contribution < 1.29 is 4.79 Å². The van der Waals surface area contributed by atoms with Crippen molar-refractivity contribution in [3.05, 3.63) is 12.2 Å². The minimum atomic E-state index is 0.339. The van der Waals surface area contributed by atoms with E-state index in [0.29, 0.717) is 5.78 Å². The van der Waals surface area contributed by atoms with Crippen LogP contribution in [0.1, 0.15) is 117 Å². The Balaban J connectivity index is 3.07. The molecule has 0 amide bonds. The maximum absolute atomic E-state index is 10.8. The summed E-state index contributed by atoms with van der Waals surface area (Å²) in [6.07, 6.45) is 25.6. The molecule has 0 spiro atoms. The topological polar surface area (TPSA) is 17.1 Å². The predicted octanol–water partition coefficient (Wildman–Crippen LogP) is 7.39. The van der Waals surface area contributed by atoms with E-state index in [1.54, 1.807) is 6.92 Å². The Bertz CT molecular complexity index is 255. The van der Waals surface area contributed by atoms with Crippen LogP contribution in [0.2, 0.25) is 0 Å². The van der Waals surface area contributed by atoms with Gasteiger partial charge in [0.15, 0.2) is 0 Å². The molecule has 0 aromatic heterocycles. The van der Waals surface area contributed by atoms with Crippen LogP contribution >= 0.6 is 0 Å². The van der Waals surface area contributed by atoms with Gasteiger partial charge < -0.3 is 4.79 Å². The fourth-order valence-electron chi connectivity index (χ4n) is 2.80. The highest BCUT2D eigenvalue weighted by atomic mass is 16.1. The lowest BCUT2D eigenvalue weighted by atomic mass is 10.1. The first-order valence-electron chi connectivity index (χ1n) is 9.91. The number of rotatable bonds is 17. The second-order valence-corrected chi connectivity index (χ2v) is 6.74. The maximum atomic E-state index is 10.8. The Hall–Kier alpha value is -0.590. The van der Waals surface area contributed by atoms with E-state index in [1.807, 2.05) is 0 Å². The largest absolute Gasteiger partial charge is 0.300 e. The van der Waals surface area contributed by atoms with E-state index >= 15 is 0 Å². The van der Waals surface area contributed by atoms with E-state index in [-0.39, 0.29) is 0 Å². The molecule has 1 nitrogen and oxygen atoms in total. The molecule has 0 aliphatic heterocycles. The highest BCUT2D eigenvalue weighted by molar-refractivity contribution is 5.75. The molecule has 0 aliphatic rings. The number of allylic oxidation sites excluding steroid dienone is 2. The molecule has 0 fully saturated rings. The van der Waals surface area contributed by atoms with Gasteiger partial charge in [-0.2, -0.15) is 0 Å². The summed E-state index contributed by atoms with van der Waals surface area (Å²) in [6, 6.07) is 0. The zero-order chi connectivity index (χ0) is 16.3. The van der Waals surface area contributed by atoms with Gasteiger partial charge in [0.1, 0.15) is 5.78 Å². The minimum Gasteiger partial charge on any atom is -0.300 e. The average molecular weight is 309 g/mol. The van der Waals surface area contributed by atoms with Crippen LogP contribution in [0.5, 0.6) is 0 Å². The Kier molecular flexibility index (Phi) is 18.0. The van der Waals surface area contributed by atoms with Crippen molar-refractivity contribution in [1.82, 2.24) is 0 Å². The number of hydrogen-bond donors (Lipinski definition) is 0. The third-order valence-corrected chi connectivity index (χ3v) is 4.29. The van der Waals surface area contributed by atoms with Gasteiger partial charge in [0.25, 0.3) is 0 Å². The molecule has 0 aromatic carbocycles. The van der Waals surface area contributed by atoms with Crippen LogP contribution in [0.3, 0.4) is 0 Å². The molecule has 22 heavy (non-hydrogen) atoms. The predicted molar refractivity (Wildman–Crippen MR) is 99.4 cm³/mol. The fraction of sp³-hybridized carbons (Fsp3) is 0.857. The molecule has 0 N–H and O–H groups in total. The Morgan fingerprint density at radius 2 is 1.05 bits per heavy atom. The van der Waals surface area contributed by atoms with Gasteiger partial charge >= 0.3 is 0 Å². The van der Waals surface area contributed by atoms with Crippen LogP contribution in [0.25, 0.3) is 0 Å². The van der Waals surface area contributed by atoms with Gasteiger partial charge in [-0.3, -0.25) is 0 Å². The van der Waals surface area contributed by atoms with Gasteiger partial charge in [-0.15, -0.1) is 0 Å². The maximum Gasteiger partial charge on any atom is 0.129 e. The van der Waals surface area contributed by atoms with Crippen LogP contribution in [0.4, 0.5) is 0 Å². The quantitative estimate of drug-likeness (QED) is 0.202. The molecule has 0 radical (unpaired) electrons. The van der Waals surface area contributed by atoms with Crippen molar-refractivity contribution in [3.63, 3.8) is 0 Å². The molecule has 0 rings (SSSR count). The third kappa shape index (κ3) is 19.4. The summed E-state index contributed by atoms with van der Waals surface area (Å²) in [5, 5.41) is 0. The van der Waals surface area contributed by atoms with Gasteiger partial charge in [-0.1, -0.05) is 83.3 Å². The number of carbonyl (C=O) groups is 1. The van der Waals surface area contributed by atoms with Gasteiger partial charge in [0.05, 0.1) is 0 Å². The van der Waals surface area contributed by atoms with Crippen LogP contribution in [-0.2, 0) is 4.79 Å². The standard InChI is InChI=1S/C21H40O/c1-3-4-5-6-7-8-9-10-11-12-13-14-15-16-17-18-19-20-21(2)22/h11-12H,3-10,13-20H2,1-2H3. The van der Waals surface area contributed by atoms with Crippen molar-refractivity contribution >= 4 is 5.78 Å².